The van der Waals surface area contributed by atoms with Crippen LogP contribution >= 0.6 is 11.6 Å². The summed E-state index contributed by atoms with van der Waals surface area (Å²) in [6, 6.07) is 7.75. The minimum Gasteiger partial charge on any atom is -0.492 e. The van der Waals surface area contributed by atoms with E-state index in [2.05, 4.69) is 5.32 Å². The Morgan fingerprint density at radius 3 is 2.89 bits per heavy atom. The quantitative estimate of drug-likeness (QED) is 0.616. The van der Waals surface area contributed by atoms with Crippen LogP contribution in [0.1, 0.15) is 37.2 Å². The van der Waals surface area contributed by atoms with Crippen molar-refractivity contribution in [2.24, 2.45) is 0 Å². The molecule has 104 valence electrons. The Bertz CT molecular complexity index is 422. The van der Waals surface area contributed by atoms with Crippen LogP contribution in [-0.2, 0) is 4.79 Å². The fourth-order valence-corrected chi connectivity index (χ4v) is 2.48. The van der Waals surface area contributed by atoms with Gasteiger partial charge in [-0.1, -0.05) is 31.0 Å². The van der Waals surface area contributed by atoms with Crippen molar-refractivity contribution in [1.82, 2.24) is 5.32 Å². The molecule has 1 unspecified atom stereocenters. The summed E-state index contributed by atoms with van der Waals surface area (Å²) in [7, 11) is 0. The number of ether oxygens (including phenoxy) is 1. The lowest BCUT2D eigenvalue weighted by Gasteiger charge is -2.10. The molecule has 1 aromatic carbocycles. The standard InChI is InChI=1S/C15H20ClNO2/c16-9-5-1-2-6-10-17-15(18)13-11-19-14-8-4-3-7-12(13)14/h3-4,7-8,13H,1-2,5-6,9-11H2,(H,17,18). The number of amides is 1. The number of benzene rings is 1. The summed E-state index contributed by atoms with van der Waals surface area (Å²) >= 11 is 5.62. The van der Waals surface area contributed by atoms with E-state index in [4.69, 9.17) is 16.3 Å². The van der Waals surface area contributed by atoms with E-state index in [0.717, 1.165) is 49.4 Å². The van der Waals surface area contributed by atoms with Crippen LogP contribution in [0.3, 0.4) is 0 Å². The maximum Gasteiger partial charge on any atom is 0.231 e. The van der Waals surface area contributed by atoms with E-state index < -0.39 is 0 Å². The maximum absolute atomic E-state index is 12.1. The van der Waals surface area contributed by atoms with E-state index in [1.54, 1.807) is 0 Å². The topological polar surface area (TPSA) is 38.3 Å². The third-order valence-electron chi connectivity index (χ3n) is 3.38. The number of rotatable bonds is 7. The molecule has 4 heteroatoms. The zero-order chi connectivity index (χ0) is 13.5. The smallest absolute Gasteiger partial charge is 0.231 e. The number of fused-ring (bicyclic) bond motifs is 1. The van der Waals surface area contributed by atoms with Gasteiger partial charge in [-0.25, -0.2) is 0 Å². The molecule has 0 bridgehead atoms. The summed E-state index contributed by atoms with van der Waals surface area (Å²) in [5, 5.41) is 2.99. The molecule has 1 heterocycles. The third-order valence-corrected chi connectivity index (χ3v) is 3.64. The fourth-order valence-electron chi connectivity index (χ4n) is 2.29. The number of nitrogens with one attached hydrogen (secondary N) is 1. The molecule has 1 aliphatic rings. The summed E-state index contributed by atoms with van der Waals surface area (Å²) in [4.78, 5) is 12.1. The second kappa shape index (κ2) is 7.39. The molecule has 1 amide bonds. The van der Waals surface area contributed by atoms with Gasteiger partial charge in [0.25, 0.3) is 0 Å². The second-order valence-corrected chi connectivity index (χ2v) is 5.17. The molecule has 0 saturated heterocycles. The Labute approximate surface area is 119 Å². The fraction of sp³-hybridized carbons (Fsp3) is 0.533. The Balaban J connectivity index is 1.73. The van der Waals surface area contributed by atoms with Crippen molar-refractivity contribution < 1.29 is 9.53 Å². The van der Waals surface area contributed by atoms with Crippen LogP contribution < -0.4 is 10.1 Å². The zero-order valence-corrected chi connectivity index (χ0v) is 11.8. The Morgan fingerprint density at radius 2 is 2.05 bits per heavy atom. The largest absolute Gasteiger partial charge is 0.492 e. The normalized spacial score (nSPS) is 16.8. The van der Waals surface area contributed by atoms with Gasteiger partial charge in [-0.2, -0.15) is 0 Å². The Morgan fingerprint density at radius 1 is 1.26 bits per heavy atom. The molecule has 3 nitrogen and oxygen atoms in total. The molecule has 0 radical (unpaired) electrons. The summed E-state index contributed by atoms with van der Waals surface area (Å²) in [5.74, 6) is 1.48. The lowest BCUT2D eigenvalue weighted by Crippen LogP contribution is -2.30. The first-order chi connectivity index (χ1) is 9.33. The van der Waals surface area contributed by atoms with Crippen LogP contribution in [0.4, 0.5) is 0 Å². The van der Waals surface area contributed by atoms with Gasteiger partial charge in [-0.05, 0) is 18.9 Å². The Kier molecular flexibility index (Phi) is 5.52. The van der Waals surface area contributed by atoms with Crippen LogP contribution in [0.15, 0.2) is 24.3 Å². The first-order valence-electron chi connectivity index (χ1n) is 6.88. The van der Waals surface area contributed by atoms with Gasteiger partial charge in [0.1, 0.15) is 18.3 Å². The van der Waals surface area contributed by atoms with Crippen molar-refractivity contribution in [3.05, 3.63) is 29.8 Å². The van der Waals surface area contributed by atoms with E-state index >= 15 is 0 Å². The highest BCUT2D eigenvalue weighted by atomic mass is 35.5. The maximum atomic E-state index is 12.1. The van der Waals surface area contributed by atoms with Crippen molar-refractivity contribution in [1.29, 1.82) is 0 Å². The van der Waals surface area contributed by atoms with Gasteiger partial charge in [-0.3, -0.25) is 4.79 Å². The van der Waals surface area contributed by atoms with Gasteiger partial charge in [0.05, 0.1) is 0 Å². The monoisotopic (exact) mass is 281 g/mol. The highest BCUT2D eigenvalue weighted by Crippen LogP contribution is 2.33. The predicted molar refractivity (Wildman–Crippen MR) is 76.9 cm³/mol. The molecular formula is C15H20ClNO2. The highest BCUT2D eigenvalue weighted by Gasteiger charge is 2.29. The molecule has 1 atom stereocenters. The van der Waals surface area contributed by atoms with Crippen LogP contribution in [0.25, 0.3) is 0 Å². The van der Waals surface area contributed by atoms with Crippen molar-refractivity contribution >= 4 is 17.5 Å². The number of hydrogen-bond donors (Lipinski definition) is 1. The molecule has 1 N–H and O–H groups in total. The summed E-state index contributed by atoms with van der Waals surface area (Å²) < 4.78 is 5.52. The molecular weight excluding hydrogens is 262 g/mol. The first-order valence-corrected chi connectivity index (χ1v) is 7.42. The average molecular weight is 282 g/mol. The van der Waals surface area contributed by atoms with Gasteiger partial charge in [-0.15, -0.1) is 11.6 Å². The molecule has 1 aromatic rings. The number of carbonyl (C=O) groups is 1. The molecule has 1 aliphatic heterocycles. The van der Waals surface area contributed by atoms with E-state index in [1.807, 2.05) is 24.3 Å². The molecule has 0 aliphatic carbocycles. The van der Waals surface area contributed by atoms with E-state index in [0.29, 0.717) is 6.61 Å². The summed E-state index contributed by atoms with van der Waals surface area (Å²) in [6.07, 6.45) is 4.32. The van der Waals surface area contributed by atoms with Crippen LogP contribution in [0, 0.1) is 0 Å². The third kappa shape index (κ3) is 3.87. The van der Waals surface area contributed by atoms with Crippen molar-refractivity contribution in [3.8, 4) is 5.75 Å². The van der Waals surface area contributed by atoms with E-state index in [9.17, 15) is 4.79 Å². The van der Waals surface area contributed by atoms with E-state index in [-0.39, 0.29) is 11.8 Å². The molecule has 0 spiro atoms. The van der Waals surface area contributed by atoms with Gasteiger partial charge >= 0.3 is 0 Å². The SMILES string of the molecule is O=C(NCCCCCCCl)C1COc2ccccc21. The van der Waals surface area contributed by atoms with Gasteiger partial charge in [0, 0.05) is 18.0 Å². The minimum atomic E-state index is -0.154. The summed E-state index contributed by atoms with van der Waals surface area (Å²) in [5.41, 5.74) is 1.00. The Hall–Kier alpha value is -1.22. The van der Waals surface area contributed by atoms with Crippen molar-refractivity contribution in [3.63, 3.8) is 0 Å². The number of carbonyl (C=O) groups excluding carboxylic acids is 1. The first kappa shape index (κ1) is 14.2. The van der Waals surface area contributed by atoms with Crippen molar-refractivity contribution in [2.75, 3.05) is 19.0 Å². The molecule has 0 aromatic heterocycles. The van der Waals surface area contributed by atoms with Gasteiger partial charge in [0.15, 0.2) is 0 Å². The van der Waals surface area contributed by atoms with Crippen LogP contribution in [0.2, 0.25) is 0 Å². The number of halogens is 1. The average Bonchev–Trinajstić information content (AvgIpc) is 2.86. The van der Waals surface area contributed by atoms with Crippen LogP contribution in [0.5, 0.6) is 5.75 Å². The predicted octanol–water partition coefficient (Wildman–Crippen LogP) is 3.08. The zero-order valence-electron chi connectivity index (χ0n) is 11.0. The van der Waals surface area contributed by atoms with Crippen molar-refractivity contribution in [2.45, 2.75) is 31.6 Å². The molecule has 19 heavy (non-hydrogen) atoms. The molecule has 2 rings (SSSR count). The van der Waals surface area contributed by atoms with Gasteiger partial charge in [0.2, 0.25) is 5.91 Å². The lowest BCUT2D eigenvalue weighted by atomic mass is 10.0. The minimum absolute atomic E-state index is 0.0716. The number of unbranched alkanes of at least 4 members (excludes halogenated alkanes) is 3. The number of alkyl halides is 1. The van der Waals surface area contributed by atoms with E-state index in [1.165, 1.54) is 0 Å². The molecule has 0 saturated carbocycles. The van der Waals surface area contributed by atoms with Crippen LogP contribution in [-0.4, -0.2) is 24.9 Å². The van der Waals surface area contributed by atoms with Gasteiger partial charge < -0.3 is 10.1 Å². The summed E-state index contributed by atoms with van der Waals surface area (Å²) in [6.45, 7) is 1.19. The lowest BCUT2D eigenvalue weighted by molar-refractivity contribution is -0.122. The number of para-hydroxylation sites is 1. The highest BCUT2D eigenvalue weighted by molar-refractivity contribution is 6.17. The molecule has 0 fully saturated rings. The second-order valence-electron chi connectivity index (χ2n) is 4.80. The number of hydrogen-bond acceptors (Lipinski definition) is 2.